The third-order valence-corrected chi connectivity index (χ3v) is 9.46. The second-order valence-corrected chi connectivity index (χ2v) is 12.6. The molecule has 0 bridgehead atoms. The molecule has 7 heteroatoms. The molecule has 2 saturated heterocycles. The Morgan fingerprint density at radius 3 is 2.28 bits per heavy atom. The van der Waals surface area contributed by atoms with Gasteiger partial charge in [0.1, 0.15) is 18.1 Å². The quantitative estimate of drug-likeness (QED) is 0.137. The second kappa shape index (κ2) is 13.3. The Kier molecular flexibility index (Phi) is 8.64. The molecule has 2 fully saturated rings. The minimum Gasteiger partial charge on any atom is -0.508 e. The average molecular weight is 627 g/mol. The maximum absolute atomic E-state index is 14.1. The average Bonchev–Trinajstić information content (AvgIpc) is 3.63. The lowest BCUT2D eigenvalue weighted by Gasteiger charge is -2.31. The summed E-state index contributed by atoms with van der Waals surface area (Å²) >= 11 is 0. The van der Waals surface area contributed by atoms with Gasteiger partial charge in [0.05, 0.1) is 30.2 Å². The van der Waals surface area contributed by atoms with Crippen LogP contribution in [0.3, 0.4) is 0 Å². The SMILES string of the molecule is C/C(=C\c1ccc(O)cc1)CC[C@H]1OC[C@H]2C1=C(COc1ccccc1)C[C@H]1C(=O)N(c3ccc(Nc4ccccc4)cc3)C(=O)[C@H]12. The smallest absolute Gasteiger partial charge is 0.238 e. The maximum Gasteiger partial charge on any atom is 0.238 e. The number of phenolic OH excluding ortho intramolecular Hbond substituents is 1. The molecule has 2 heterocycles. The zero-order valence-corrected chi connectivity index (χ0v) is 26.3. The number of amides is 2. The van der Waals surface area contributed by atoms with E-state index in [1.54, 1.807) is 12.1 Å². The number of anilines is 3. The van der Waals surface area contributed by atoms with Crippen LogP contribution >= 0.6 is 0 Å². The van der Waals surface area contributed by atoms with Crippen molar-refractivity contribution in [1.29, 1.82) is 0 Å². The number of aromatic hydroxyl groups is 1. The van der Waals surface area contributed by atoms with Crippen LogP contribution in [0.15, 0.2) is 126 Å². The summed E-state index contributed by atoms with van der Waals surface area (Å²) < 4.78 is 12.7. The van der Waals surface area contributed by atoms with Crippen LogP contribution in [-0.4, -0.2) is 36.2 Å². The lowest BCUT2D eigenvalue weighted by Crippen LogP contribution is -2.35. The van der Waals surface area contributed by atoms with Crippen molar-refractivity contribution in [2.75, 3.05) is 23.4 Å². The predicted molar refractivity (Wildman–Crippen MR) is 183 cm³/mol. The molecule has 47 heavy (non-hydrogen) atoms. The van der Waals surface area contributed by atoms with E-state index in [0.29, 0.717) is 25.3 Å². The number of rotatable bonds is 10. The number of nitrogens with one attached hydrogen (secondary N) is 1. The molecule has 0 radical (unpaired) electrons. The Morgan fingerprint density at radius 1 is 0.872 bits per heavy atom. The number of ether oxygens (including phenoxy) is 2. The van der Waals surface area contributed by atoms with E-state index in [4.69, 9.17) is 9.47 Å². The third-order valence-electron chi connectivity index (χ3n) is 9.46. The molecule has 3 aliphatic rings. The van der Waals surface area contributed by atoms with Crippen LogP contribution in [0.4, 0.5) is 17.1 Å². The third kappa shape index (κ3) is 6.44. The summed E-state index contributed by atoms with van der Waals surface area (Å²) in [7, 11) is 0. The van der Waals surface area contributed by atoms with Crippen LogP contribution in [0.1, 0.15) is 31.7 Å². The number of phenols is 1. The van der Waals surface area contributed by atoms with Crippen molar-refractivity contribution in [1.82, 2.24) is 0 Å². The number of nitrogens with zero attached hydrogens (tertiary/aromatic N) is 1. The minimum atomic E-state index is -0.460. The van der Waals surface area contributed by atoms with Crippen molar-refractivity contribution in [3.05, 3.63) is 131 Å². The Hall–Kier alpha value is -5.14. The van der Waals surface area contributed by atoms with Crippen molar-refractivity contribution in [3.63, 3.8) is 0 Å². The fourth-order valence-corrected chi connectivity index (χ4v) is 7.22. The van der Waals surface area contributed by atoms with Crippen molar-refractivity contribution in [2.24, 2.45) is 17.8 Å². The van der Waals surface area contributed by atoms with E-state index < -0.39 is 11.8 Å². The van der Waals surface area contributed by atoms with Gasteiger partial charge in [0.15, 0.2) is 0 Å². The lowest BCUT2D eigenvalue weighted by atomic mass is 9.69. The van der Waals surface area contributed by atoms with Gasteiger partial charge in [-0.25, -0.2) is 0 Å². The molecule has 2 aliphatic heterocycles. The number of imide groups is 1. The predicted octanol–water partition coefficient (Wildman–Crippen LogP) is 7.92. The van der Waals surface area contributed by atoms with Gasteiger partial charge in [-0.15, -0.1) is 0 Å². The molecule has 0 saturated carbocycles. The molecular weight excluding hydrogens is 588 g/mol. The summed E-state index contributed by atoms with van der Waals surface area (Å²) in [6.07, 6.45) is 4.01. The molecule has 1 aliphatic carbocycles. The van der Waals surface area contributed by atoms with Crippen LogP contribution in [-0.2, 0) is 14.3 Å². The van der Waals surface area contributed by atoms with Gasteiger partial charge in [0.2, 0.25) is 11.8 Å². The van der Waals surface area contributed by atoms with E-state index in [0.717, 1.165) is 46.7 Å². The first kappa shape index (κ1) is 30.5. The first-order chi connectivity index (χ1) is 22.9. The monoisotopic (exact) mass is 626 g/mol. The maximum atomic E-state index is 14.1. The second-order valence-electron chi connectivity index (χ2n) is 12.6. The molecule has 0 unspecified atom stereocenters. The van der Waals surface area contributed by atoms with Gasteiger partial charge in [0.25, 0.3) is 0 Å². The number of para-hydroxylation sites is 2. The molecular formula is C40H38N2O5. The lowest BCUT2D eigenvalue weighted by molar-refractivity contribution is -0.122. The summed E-state index contributed by atoms with van der Waals surface area (Å²) in [4.78, 5) is 29.5. The Labute approximate surface area is 275 Å². The highest BCUT2D eigenvalue weighted by Gasteiger charge is 2.57. The van der Waals surface area contributed by atoms with Crippen molar-refractivity contribution < 1.29 is 24.2 Å². The topological polar surface area (TPSA) is 88.1 Å². The summed E-state index contributed by atoms with van der Waals surface area (Å²) in [5.74, 6) is -0.381. The van der Waals surface area contributed by atoms with Crippen molar-refractivity contribution >= 4 is 35.0 Å². The van der Waals surface area contributed by atoms with E-state index in [2.05, 4.69) is 18.3 Å². The number of carbonyl (C=O) groups excluding carboxylic acids is 2. The number of hydrogen-bond donors (Lipinski definition) is 2. The number of hydrogen-bond acceptors (Lipinski definition) is 6. The van der Waals surface area contributed by atoms with E-state index >= 15 is 0 Å². The number of fused-ring (bicyclic) bond motifs is 3. The molecule has 7 rings (SSSR count). The van der Waals surface area contributed by atoms with Gasteiger partial charge in [-0.1, -0.05) is 60.2 Å². The number of allylic oxidation sites excluding steroid dienone is 1. The van der Waals surface area contributed by atoms with E-state index in [1.807, 2.05) is 97.1 Å². The largest absolute Gasteiger partial charge is 0.508 e. The Balaban J connectivity index is 1.12. The highest BCUT2D eigenvalue weighted by molar-refractivity contribution is 6.22. The fourth-order valence-electron chi connectivity index (χ4n) is 7.22. The van der Waals surface area contributed by atoms with Crippen LogP contribution in [0.5, 0.6) is 11.5 Å². The van der Waals surface area contributed by atoms with E-state index in [9.17, 15) is 14.7 Å². The van der Waals surface area contributed by atoms with Crippen molar-refractivity contribution in [3.8, 4) is 11.5 Å². The van der Waals surface area contributed by atoms with Crippen LogP contribution in [0.2, 0.25) is 0 Å². The molecule has 0 spiro atoms. The Morgan fingerprint density at radius 2 is 1.55 bits per heavy atom. The molecule has 2 N–H and O–H groups in total. The van der Waals surface area contributed by atoms with Gasteiger partial charge in [0, 0.05) is 17.3 Å². The highest BCUT2D eigenvalue weighted by Crippen LogP contribution is 2.50. The molecule has 4 atom stereocenters. The van der Waals surface area contributed by atoms with Gasteiger partial charge in [-0.2, -0.15) is 0 Å². The van der Waals surface area contributed by atoms with Gasteiger partial charge < -0.3 is 19.9 Å². The first-order valence-electron chi connectivity index (χ1n) is 16.2. The fraction of sp³-hybridized carbons (Fsp3) is 0.250. The first-order valence-corrected chi connectivity index (χ1v) is 16.2. The number of benzene rings is 4. The van der Waals surface area contributed by atoms with Gasteiger partial charge in [-0.3, -0.25) is 14.5 Å². The molecule has 7 nitrogen and oxygen atoms in total. The normalized spacial score (nSPS) is 22.3. The summed E-state index contributed by atoms with van der Waals surface area (Å²) in [6.45, 7) is 2.85. The van der Waals surface area contributed by atoms with Crippen LogP contribution < -0.4 is 15.0 Å². The van der Waals surface area contributed by atoms with Crippen LogP contribution in [0, 0.1) is 17.8 Å². The summed E-state index contributed by atoms with van der Waals surface area (Å²) in [5, 5.41) is 13.0. The number of carbonyl (C=O) groups is 2. The van der Waals surface area contributed by atoms with E-state index in [-0.39, 0.29) is 29.6 Å². The minimum absolute atomic E-state index is 0.151. The zero-order chi connectivity index (χ0) is 32.3. The van der Waals surface area contributed by atoms with Gasteiger partial charge in [-0.05, 0) is 104 Å². The Bertz CT molecular complexity index is 1800. The molecule has 4 aromatic rings. The van der Waals surface area contributed by atoms with E-state index in [1.165, 1.54) is 10.5 Å². The summed E-state index contributed by atoms with van der Waals surface area (Å²) in [5.41, 5.74) is 6.84. The highest BCUT2D eigenvalue weighted by atomic mass is 16.5. The summed E-state index contributed by atoms with van der Waals surface area (Å²) in [6, 6.07) is 34.2. The molecule has 2 amide bonds. The molecule has 0 aromatic heterocycles. The van der Waals surface area contributed by atoms with Crippen molar-refractivity contribution in [2.45, 2.75) is 32.3 Å². The zero-order valence-electron chi connectivity index (χ0n) is 26.3. The van der Waals surface area contributed by atoms with Crippen LogP contribution in [0.25, 0.3) is 6.08 Å². The molecule has 238 valence electrons. The molecule has 4 aromatic carbocycles. The standard InChI is InChI=1S/C40H38N2O5/c1-26(22-27-13-19-32(43)20-14-27)12-21-36-37-28(24-46-33-10-6-3-7-11-33)23-34-38(35(37)25-47-36)40(45)42(39(34)44)31-17-15-30(16-18-31)41-29-8-4-2-5-9-29/h2-11,13-20,22,34-36,38,41,43H,12,21,23-25H2,1H3/b26-22+/t34-,35+,36-,38-/m1/s1. The van der Waals surface area contributed by atoms with Gasteiger partial charge >= 0.3 is 0 Å².